The van der Waals surface area contributed by atoms with Crippen molar-refractivity contribution in [2.75, 3.05) is 26.7 Å². The average molecular weight is 278 g/mol. The number of rotatable bonds is 7. The Labute approximate surface area is 123 Å². The van der Waals surface area contributed by atoms with Crippen molar-refractivity contribution < 1.29 is 0 Å². The largest absolute Gasteiger partial charge is 0.346 e. The number of likely N-dealkylation sites (tertiary alicyclic amines) is 1. The summed E-state index contributed by atoms with van der Waals surface area (Å²) in [5.74, 6) is 1.11. The predicted molar refractivity (Wildman–Crippen MR) is 83.9 cm³/mol. The van der Waals surface area contributed by atoms with Crippen LogP contribution < -0.4 is 0 Å². The number of hydrogen-bond acceptors (Lipinski definition) is 3. The van der Waals surface area contributed by atoms with Crippen LogP contribution in [0.3, 0.4) is 0 Å². The van der Waals surface area contributed by atoms with Crippen molar-refractivity contribution in [2.45, 2.75) is 59.0 Å². The Morgan fingerprint density at radius 3 is 2.65 bits per heavy atom. The smallest absolute Gasteiger partial charge is 0.106 e. The second-order valence-corrected chi connectivity index (χ2v) is 6.23. The molecule has 1 aliphatic heterocycles. The molecule has 1 aromatic heterocycles. The lowest BCUT2D eigenvalue weighted by Gasteiger charge is -2.26. The molecule has 1 saturated heterocycles. The molecular weight excluding hydrogens is 248 g/mol. The highest BCUT2D eigenvalue weighted by Gasteiger charge is 2.18. The van der Waals surface area contributed by atoms with Gasteiger partial charge in [0, 0.05) is 24.7 Å². The number of nitrogens with one attached hydrogen (secondary N) is 1. The van der Waals surface area contributed by atoms with Crippen molar-refractivity contribution in [3.63, 3.8) is 0 Å². The molecule has 1 fully saturated rings. The summed E-state index contributed by atoms with van der Waals surface area (Å²) >= 11 is 0. The molecule has 1 N–H and O–H groups in total. The average Bonchev–Trinajstić information content (AvgIpc) is 3.06. The molecule has 0 saturated carbocycles. The number of aryl methyl sites for hydroxylation is 2. The van der Waals surface area contributed by atoms with Gasteiger partial charge in [-0.1, -0.05) is 6.92 Å². The fraction of sp³-hybridized carbons (Fsp3) is 0.812. The minimum atomic E-state index is 0.714. The maximum atomic E-state index is 4.67. The maximum Gasteiger partial charge on any atom is 0.106 e. The molecule has 114 valence electrons. The fourth-order valence-corrected chi connectivity index (χ4v) is 2.99. The lowest BCUT2D eigenvalue weighted by Crippen LogP contribution is -2.33. The molecule has 2 rings (SSSR count). The standard InChI is InChI=1S/C16H30N4/c1-5-16-17-14(3)15(18-16)12-19(4)11-8-13(2)20-9-6-7-10-20/h13H,5-12H2,1-4H3,(H,17,18). The number of nitrogens with zero attached hydrogens (tertiary/aromatic N) is 3. The fourth-order valence-electron chi connectivity index (χ4n) is 2.99. The predicted octanol–water partition coefficient (Wildman–Crippen LogP) is 2.59. The van der Waals surface area contributed by atoms with E-state index in [9.17, 15) is 0 Å². The Kier molecular flexibility index (Phi) is 5.61. The first-order chi connectivity index (χ1) is 9.60. The molecule has 0 aromatic carbocycles. The van der Waals surface area contributed by atoms with Crippen molar-refractivity contribution in [2.24, 2.45) is 0 Å². The number of hydrogen-bond donors (Lipinski definition) is 1. The zero-order valence-corrected chi connectivity index (χ0v) is 13.6. The molecule has 0 spiro atoms. The second-order valence-electron chi connectivity index (χ2n) is 6.23. The maximum absolute atomic E-state index is 4.67. The molecule has 4 heteroatoms. The lowest BCUT2D eigenvalue weighted by molar-refractivity contribution is 0.214. The van der Waals surface area contributed by atoms with Gasteiger partial charge in [-0.15, -0.1) is 0 Å². The van der Waals surface area contributed by atoms with Crippen molar-refractivity contribution in [3.05, 3.63) is 17.2 Å². The molecule has 20 heavy (non-hydrogen) atoms. The van der Waals surface area contributed by atoms with E-state index in [0.717, 1.165) is 25.3 Å². The molecule has 1 aliphatic rings. The summed E-state index contributed by atoms with van der Waals surface area (Å²) in [6, 6.07) is 0.714. The Balaban J connectivity index is 1.76. The monoisotopic (exact) mass is 278 g/mol. The number of H-pyrrole nitrogens is 1. The molecule has 0 bridgehead atoms. The van der Waals surface area contributed by atoms with E-state index in [0.29, 0.717) is 6.04 Å². The van der Waals surface area contributed by atoms with E-state index in [1.54, 1.807) is 0 Å². The van der Waals surface area contributed by atoms with Gasteiger partial charge >= 0.3 is 0 Å². The van der Waals surface area contributed by atoms with E-state index in [2.05, 4.69) is 47.6 Å². The van der Waals surface area contributed by atoms with Gasteiger partial charge in [0.15, 0.2) is 0 Å². The first-order valence-electron chi connectivity index (χ1n) is 8.07. The van der Waals surface area contributed by atoms with Crippen molar-refractivity contribution >= 4 is 0 Å². The molecule has 1 aromatic rings. The van der Waals surface area contributed by atoms with Gasteiger partial charge in [0.05, 0.1) is 5.69 Å². The van der Waals surface area contributed by atoms with Crippen LogP contribution in [0.5, 0.6) is 0 Å². The summed E-state index contributed by atoms with van der Waals surface area (Å²) in [5.41, 5.74) is 2.43. The topological polar surface area (TPSA) is 35.2 Å². The summed E-state index contributed by atoms with van der Waals surface area (Å²) in [6.07, 6.45) is 5.00. The van der Waals surface area contributed by atoms with Gasteiger partial charge < -0.3 is 14.8 Å². The summed E-state index contributed by atoms with van der Waals surface area (Å²) in [7, 11) is 2.20. The Morgan fingerprint density at radius 1 is 1.35 bits per heavy atom. The molecule has 4 nitrogen and oxygen atoms in total. The summed E-state index contributed by atoms with van der Waals surface area (Å²) in [4.78, 5) is 13.1. The minimum Gasteiger partial charge on any atom is -0.346 e. The van der Waals surface area contributed by atoms with Crippen LogP contribution in [0.15, 0.2) is 0 Å². The quantitative estimate of drug-likeness (QED) is 0.832. The van der Waals surface area contributed by atoms with Gasteiger partial charge in [-0.2, -0.15) is 0 Å². The number of aromatic amines is 1. The van der Waals surface area contributed by atoms with Gasteiger partial charge in [-0.05, 0) is 59.8 Å². The lowest BCUT2D eigenvalue weighted by atomic mass is 10.2. The third-order valence-electron chi connectivity index (χ3n) is 4.48. The Morgan fingerprint density at radius 2 is 2.05 bits per heavy atom. The van der Waals surface area contributed by atoms with E-state index in [1.165, 1.54) is 43.7 Å². The van der Waals surface area contributed by atoms with Crippen LogP contribution in [0, 0.1) is 6.92 Å². The number of aromatic nitrogens is 2. The van der Waals surface area contributed by atoms with Crippen LogP contribution in [-0.2, 0) is 13.0 Å². The van der Waals surface area contributed by atoms with Crippen LogP contribution in [0.1, 0.15) is 50.3 Å². The third-order valence-corrected chi connectivity index (χ3v) is 4.48. The van der Waals surface area contributed by atoms with Gasteiger partial charge in [0.2, 0.25) is 0 Å². The van der Waals surface area contributed by atoms with Gasteiger partial charge in [0.25, 0.3) is 0 Å². The minimum absolute atomic E-state index is 0.714. The van der Waals surface area contributed by atoms with E-state index in [-0.39, 0.29) is 0 Å². The molecule has 0 aliphatic carbocycles. The van der Waals surface area contributed by atoms with Crippen molar-refractivity contribution in [1.82, 2.24) is 19.8 Å². The van der Waals surface area contributed by atoms with E-state index < -0.39 is 0 Å². The first-order valence-corrected chi connectivity index (χ1v) is 8.07. The van der Waals surface area contributed by atoms with E-state index in [1.807, 2.05) is 0 Å². The SMILES string of the molecule is CCc1nc(CN(C)CCC(C)N2CCCC2)c(C)[nH]1. The highest BCUT2D eigenvalue weighted by Crippen LogP contribution is 2.14. The Bertz CT molecular complexity index is 407. The molecule has 0 radical (unpaired) electrons. The Hall–Kier alpha value is -0.870. The van der Waals surface area contributed by atoms with Crippen LogP contribution in [0.25, 0.3) is 0 Å². The highest BCUT2D eigenvalue weighted by atomic mass is 15.2. The van der Waals surface area contributed by atoms with Crippen LogP contribution in [-0.4, -0.2) is 52.5 Å². The highest BCUT2D eigenvalue weighted by molar-refractivity contribution is 5.12. The zero-order chi connectivity index (χ0) is 14.5. The summed E-state index contributed by atoms with van der Waals surface area (Å²) in [6.45, 7) is 11.3. The molecule has 2 heterocycles. The third kappa shape index (κ3) is 4.06. The van der Waals surface area contributed by atoms with Gasteiger partial charge in [0.1, 0.15) is 5.82 Å². The summed E-state index contributed by atoms with van der Waals surface area (Å²) in [5, 5.41) is 0. The zero-order valence-electron chi connectivity index (χ0n) is 13.6. The number of imidazole rings is 1. The van der Waals surface area contributed by atoms with Crippen LogP contribution in [0.2, 0.25) is 0 Å². The molecular formula is C16H30N4. The second kappa shape index (κ2) is 7.23. The first kappa shape index (κ1) is 15.5. The molecule has 1 atom stereocenters. The van der Waals surface area contributed by atoms with Gasteiger partial charge in [-0.25, -0.2) is 4.98 Å². The van der Waals surface area contributed by atoms with Gasteiger partial charge in [-0.3, -0.25) is 0 Å². The molecule has 1 unspecified atom stereocenters. The normalized spacial score (nSPS) is 18.1. The van der Waals surface area contributed by atoms with E-state index >= 15 is 0 Å². The van der Waals surface area contributed by atoms with E-state index in [4.69, 9.17) is 0 Å². The van der Waals surface area contributed by atoms with Crippen LogP contribution in [0.4, 0.5) is 0 Å². The van der Waals surface area contributed by atoms with Crippen LogP contribution >= 0.6 is 0 Å². The summed E-state index contributed by atoms with van der Waals surface area (Å²) < 4.78 is 0. The molecule has 0 amide bonds. The van der Waals surface area contributed by atoms with Crippen molar-refractivity contribution in [1.29, 1.82) is 0 Å². The van der Waals surface area contributed by atoms with Crippen molar-refractivity contribution in [3.8, 4) is 0 Å².